The number of morpholine rings is 1. The molecule has 2 heterocycles. The van der Waals surface area contributed by atoms with E-state index < -0.39 is 0 Å². The summed E-state index contributed by atoms with van der Waals surface area (Å²) in [4.78, 5) is 13.4. The lowest BCUT2D eigenvalue weighted by Crippen LogP contribution is -2.43. The number of rotatable bonds is 0. The Kier molecular flexibility index (Phi) is 1.60. The predicted octanol–water partition coefficient (Wildman–Crippen LogP) is 0.254. The van der Waals surface area contributed by atoms with Gasteiger partial charge in [0, 0.05) is 12.5 Å². The summed E-state index contributed by atoms with van der Waals surface area (Å²) < 4.78 is 5.29. The van der Waals surface area contributed by atoms with Gasteiger partial charge in [-0.1, -0.05) is 6.92 Å². The van der Waals surface area contributed by atoms with E-state index in [4.69, 9.17) is 4.74 Å². The third-order valence-corrected chi connectivity index (χ3v) is 2.56. The second-order valence-electron chi connectivity index (χ2n) is 3.40. The second kappa shape index (κ2) is 2.48. The molecule has 2 rings (SSSR count). The summed E-state index contributed by atoms with van der Waals surface area (Å²) in [7, 11) is 0. The monoisotopic (exact) mass is 155 g/mol. The van der Waals surface area contributed by atoms with Gasteiger partial charge >= 0.3 is 0 Å². The fourth-order valence-electron chi connectivity index (χ4n) is 1.93. The van der Waals surface area contributed by atoms with Crippen molar-refractivity contribution in [2.45, 2.75) is 19.4 Å². The number of hydrogen-bond acceptors (Lipinski definition) is 2. The number of amides is 1. The van der Waals surface area contributed by atoms with Crippen molar-refractivity contribution in [2.24, 2.45) is 5.92 Å². The quantitative estimate of drug-likeness (QED) is 0.502. The standard InChI is InChI=1S/C8H13NO2/c1-6-4-7-5-11-3-2-9(7)8(6)10/h6-7H,2-5H2,1H3/t6-,7-/m1/s1. The Labute approximate surface area is 66.3 Å². The molecule has 0 aromatic carbocycles. The van der Waals surface area contributed by atoms with Crippen LogP contribution in [0.5, 0.6) is 0 Å². The van der Waals surface area contributed by atoms with Crippen LogP contribution >= 0.6 is 0 Å². The minimum absolute atomic E-state index is 0.224. The number of nitrogens with zero attached hydrogens (tertiary/aromatic N) is 1. The van der Waals surface area contributed by atoms with E-state index in [1.807, 2.05) is 11.8 Å². The van der Waals surface area contributed by atoms with Crippen molar-refractivity contribution in [1.82, 2.24) is 4.90 Å². The van der Waals surface area contributed by atoms with Crippen molar-refractivity contribution in [1.29, 1.82) is 0 Å². The van der Waals surface area contributed by atoms with Crippen LogP contribution in [0.25, 0.3) is 0 Å². The van der Waals surface area contributed by atoms with Crippen molar-refractivity contribution < 1.29 is 9.53 Å². The summed E-state index contributed by atoms with van der Waals surface area (Å²) in [5, 5.41) is 0. The normalized spacial score (nSPS) is 37.5. The largest absolute Gasteiger partial charge is 0.377 e. The number of carbonyl (C=O) groups excluding carboxylic acids is 1. The maximum Gasteiger partial charge on any atom is 0.225 e. The molecule has 1 amide bonds. The van der Waals surface area contributed by atoms with E-state index in [9.17, 15) is 4.79 Å². The molecule has 0 aromatic heterocycles. The SMILES string of the molecule is C[C@@H]1C[C@@H]2COCCN2C1=O. The number of hydrogen-bond donors (Lipinski definition) is 0. The van der Waals surface area contributed by atoms with Crippen LogP contribution in [0.2, 0.25) is 0 Å². The summed E-state index contributed by atoms with van der Waals surface area (Å²) in [5.74, 6) is 0.542. The molecule has 2 saturated heterocycles. The topological polar surface area (TPSA) is 29.5 Å². The number of carbonyl (C=O) groups is 1. The lowest BCUT2D eigenvalue weighted by molar-refractivity contribution is -0.135. The van der Waals surface area contributed by atoms with E-state index in [1.54, 1.807) is 0 Å². The van der Waals surface area contributed by atoms with E-state index in [0.717, 1.165) is 26.2 Å². The highest BCUT2D eigenvalue weighted by atomic mass is 16.5. The second-order valence-corrected chi connectivity index (χ2v) is 3.40. The van der Waals surface area contributed by atoms with Crippen LogP contribution in [0.15, 0.2) is 0 Å². The van der Waals surface area contributed by atoms with Crippen molar-refractivity contribution in [3.8, 4) is 0 Å². The molecule has 0 N–H and O–H groups in total. The molecular formula is C8H13NO2. The Morgan fingerprint density at radius 3 is 3.18 bits per heavy atom. The van der Waals surface area contributed by atoms with E-state index in [2.05, 4.69) is 0 Å². The molecule has 3 heteroatoms. The van der Waals surface area contributed by atoms with Gasteiger partial charge in [0.25, 0.3) is 0 Å². The average Bonchev–Trinajstić information content (AvgIpc) is 2.30. The molecule has 0 radical (unpaired) electrons. The zero-order valence-electron chi connectivity index (χ0n) is 6.75. The average molecular weight is 155 g/mol. The number of fused-ring (bicyclic) bond motifs is 1. The zero-order chi connectivity index (χ0) is 7.84. The van der Waals surface area contributed by atoms with Crippen LogP contribution in [0.1, 0.15) is 13.3 Å². The third-order valence-electron chi connectivity index (χ3n) is 2.56. The molecule has 2 fully saturated rings. The molecule has 2 aliphatic heterocycles. The molecular weight excluding hydrogens is 142 g/mol. The summed E-state index contributed by atoms with van der Waals surface area (Å²) >= 11 is 0. The molecule has 0 unspecified atom stereocenters. The van der Waals surface area contributed by atoms with Crippen LogP contribution in [-0.2, 0) is 9.53 Å². The van der Waals surface area contributed by atoms with Crippen LogP contribution in [0.3, 0.4) is 0 Å². The Bertz CT molecular complexity index is 181. The zero-order valence-corrected chi connectivity index (χ0v) is 6.75. The van der Waals surface area contributed by atoms with Gasteiger partial charge in [-0.15, -0.1) is 0 Å². The van der Waals surface area contributed by atoms with Gasteiger partial charge in [-0.2, -0.15) is 0 Å². The highest BCUT2D eigenvalue weighted by molar-refractivity contribution is 5.81. The first kappa shape index (κ1) is 7.10. The minimum atomic E-state index is 0.224. The summed E-state index contributed by atoms with van der Waals surface area (Å²) in [6.45, 7) is 4.26. The molecule has 2 aliphatic rings. The first-order chi connectivity index (χ1) is 5.29. The maximum absolute atomic E-state index is 11.4. The molecule has 0 aromatic rings. The van der Waals surface area contributed by atoms with Crippen molar-refractivity contribution >= 4 is 5.91 Å². The van der Waals surface area contributed by atoms with Gasteiger partial charge in [0.2, 0.25) is 5.91 Å². The molecule has 11 heavy (non-hydrogen) atoms. The highest BCUT2D eigenvalue weighted by Crippen LogP contribution is 2.25. The van der Waals surface area contributed by atoms with Gasteiger partial charge in [-0.3, -0.25) is 4.79 Å². The Morgan fingerprint density at radius 2 is 2.45 bits per heavy atom. The highest BCUT2D eigenvalue weighted by Gasteiger charge is 2.38. The van der Waals surface area contributed by atoms with Gasteiger partial charge in [-0.25, -0.2) is 0 Å². The van der Waals surface area contributed by atoms with Gasteiger partial charge < -0.3 is 9.64 Å². The summed E-state index contributed by atoms with van der Waals surface area (Å²) in [6, 6.07) is 0.381. The molecule has 0 aliphatic carbocycles. The molecule has 3 nitrogen and oxygen atoms in total. The van der Waals surface area contributed by atoms with Gasteiger partial charge in [0.05, 0.1) is 19.3 Å². The smallest absolute Gasteiger partial charge is 0.225 e. The van der Waals surface area contributed by atoms with Gasteiger partial charge in [-0.05, 0) is 6.42 Å². The van der Waals surface area contributed by atoms with Crippen molar-refractivity contribution in [3.63, 3.8) is 0 Å². The molecule has 0 saturated carbocycles. The molecule has 0 bridgehead atoms. The summed E-state index contributed by atoms with van der Waals surface area (Å²) in [6.07, 6.45) is 0.985. The first-order valence-electron chi connectivity index (χ1n) is 4.17. The minimum Gasteiger partial charge on any atom is -0.377 e. The Hall–Kier alpha value is -0.570. The third kappa shape index (κ3) is 1.03. The lowest BCUT2D eigenvalue weighted by atomic mass is 10.1. The van der Waals surface area contributed by atoms with Crippen LogP contribution in [0, 0.1) is 5.92 Å². The molecule has 62 valence electrons. The molecule has 0 spiro atoms. The lowest BCUT2D eigenvalue weighted by Gasteiger charge is -2.29. The summed E-state index contributed by atoms with van der Waals surface area (Å²) in [5.41, 5.74) is 0. The van der Waals surface area contributed by atoms with E-state index in [1.165, 1.54) is 0 Å². The van der Waals surface area contributed by atoms with E-state index in [0.29, 0.717) is 11.9 Å². The van der Waals surface area contributed by atoms with Crippen LogP contribution in [0.4, 0.5) is 0 Å². The predicted molar refractivity (Wildman–Crippen MR) is 40.1 cm³/mol. The molecule has 2 atom stereocenters. The Balaban J connectivity index is 2.11. The van der Waals surface area contributed by atoms with Gasteiger partial charge in [0.1, 0.15) is 0 Å². The van der Waals surface area contributed by atoms with Crippen molar-refractivity contribution in [2.75, 3.05) is 19.8 Å². The number of ether oxygens (including phenoxy) is 1. The fourth-order valence-corrected chi connectivity index (χ4v) is 1.93. The Morgan fingerprint density at radius 1 is 1.64 bits per heavy atom. The van der Waals surface area contributed by atoms with Crippen LogP contribution in [-0.4, -0.2) is 36.6 Å². The van der Waals surface area contributed by atoms with E-state index >= 15 is 0 Å². The van der Waals surface area contributed by atoms with Gasteiger partial charge in [0.15, 0.2) is 0 Å². The first-order valence-corrected chi connectivity index (χ1v) is 4.17. The van der Waals surface area contributed by atoms with Crippen molar-refractivity contribution in [3.05, 3.63) is 0 Å². The maximum atomic E-state index is 11.4. The van der Waals surface area contributed by atoms with Crippen LogP contribution < -0.4 is 0 Å². The fraction of sp³-hybridized carbons (Fsp3) is 0.875. The van der Waals surface area contributed by atoms with E-state index in [-0.39, 0.29) is 5.92 Å².